The maximum atomic E-state index is 13.3. The van der Waals surface area contributed by atoms with Crippen LogP contribution in [0.3, 0.4) is 0 Å². The van der Waals surface area contributed by atoms with Crippen molar-refractivity contribution in [3.8, 4) is 5.75 Å². The van der Waals surface area contributed by atoms with Crippen molar-refractivity contribution in [1.82, 2.24) is 0 Å². The lowest BCUT2D eigenvalue weighted by atomic mass is 10.0. The minimum Gasteiger partial charge on any atom is -0.494 e. The first-order valence-corrected chi connectivity index (χ1v) is 6.54. The van der Waals surface area contributed by atoms with E-state index in [0.29, 0.717) is 5.69 Å². The SMILES string of the molecule is COc1cc(NC(=O)CC(N)c2ccccc2)ccc1F. The number of halogens is 1. The summed E-state index contributed by atoms with van der Waals surface area (Å²) >= 11 is 0. The van der Waals surface area contributed by atoms with E-state index in [4.69, 9.17) is 10.5 Å². The zero-order valence-corrected chi connectivity index (χ0v) is 11.7. The molecule has 21 heavy (non-hydrogen) atoms. The van der Waals surface area contributed by atoms with E-state index in [0.717, 1.165) is 5.56 Å². The van der Waals surface area contributed by atoms with Crippen molar-refractivity contribution >= 4 is 11.6 Å². The number of nitrogens with one attached hydrogen (secondary N) is 1. The average Bonchev–Trinajstić information content (AvgIpc) is 2.50. The topological polar surface area (TPSA) is 64.3 Å². The van der Waals surface area contributed by atoms with Crippen molar-refractivity contribution < 1.29 is 13.9 Å². The van der Waals surface area contributed by atoms with Crippen LogP contribution in [0.1, 0.15) is 18.0 Å². The number of benzene rings is 2. The first kappa shape index (κ1) is 15.0. The molecule has 3 N–H and O–H groups in total. The van der Waals surface area contributed by atoms with Gasteiger partial charge in [-0.1, -0.05) is 30.3 Å². The first-order valence-electron chi connectivity index (χ1n) is 6.54. The summed E-state index contributed by atoms with van der Waals surface area (Å²) in [5.41, 5.74) is 7.35. The second-order valence-electron chi connectivity index (χ2n) is 4.62. The van der Waals surface area contributed by atoms with E-state index in [9.17, 15) is 9.18 Å². The van der Waals surface area contributed by atoms with Crippen LogP contribution in [0.5, 0.6) is 5.75 Å². The van der Waals surface area contributed by atoms with Crippen molar-refractivity contribution in [3.63, 3.8) is 0 Å². The van der Waals surface area contributed by atoms with Gasteiger partial charge in [-0.25, -0.2) is 4.39 Å². The Bertz CT molecular complexity index is 617. The molecular formula is C16H17FN2O2. The minimum atomic E-state index is -0.475. The standard InChI is InChI=1S/C16H17FN2O2/c1-21-15-9-12(7-8-13(15)17)19-16(20)10-14(18)11-5-3-2-4-6-11/h2-9,14H,10,18H2,1H3,(H,19,20). The molecule has 1 amide bonds. The molecule has 0 bridgehead atoms. The highest BCUT2D eigenvalue weighted by atomic mass is 19.1. The Labute approximate surface area is 122 Å². The molecule has 0 fully saturated rings. The predicted octanol–water partition coefficient (Wildman–Crippen LogP) is 2.86. The predicted molar refractivity (Wildman–Crippen MR) is 79.6 cm³/mol. The summed E-state index contributed by atoms with van der Waals surface area (Å²) in [5.74, 6) is -0.628. The van der Waals surface area contributed by atoms with E-state index in [1.165, 1.54) is 25.3 Å². The van der Waals surface area contributed by atoms with E-state index in [2.05, 4.69) is 5.32 Å². The minimum absolute atomic E-state index is 0.0835. The lowest BCUT2D eigenvalue weighted by Gasteiger charge is -2.12. The highest BCUT2D eigenvalue weighted by Gasteiger charge is 2.12. The quantitative estimate of drug-likeness (QED) is 0.889. The van der Waals surface area contributed by atoms with Gasteiger partial charge < -0.3 is 15.8 Å². The van der Waals surface area contributed by atoms with E-state index >= 15 is 0 Å². The maximum absolute atomic E-state index is 13.3. The number of methoxy groups -OCH3 is 1. The van der Waals surface area contributed by atoms with Crippen LogP contribution in [0.15, 0.2) is 48.5 Å². The summed E-state index contributed by atoms with van der Waals surface area (Å²) in [5, 5.41) is 2.68. The van der Waals surface area contributed by atoms with Crippen LogP contribution in [0, 0.1) is 5.82 Å². The van der Waals surface area contributed by atoms with Gasteiger partial charge in [-0.3, -0.25) is 4.79 Å². The molecule has 110 valence electrons. The summed E-state index contributed by atoms with van der Waals surface area (Å²) in [6.45, 7) is 0. The van der Waals surface area contributed by atoms with Gasteiger partial charge in [0.15, 0.2) is 11.6 Å². The molecule has 0 aliphatic heterocycles. The Morgan fingerprint density at radius 3 is 2.67 bits per heavy atom. The highest BCUT2D eigenvalue weighted by Crippen LogP contribution is 2.22. The van der Waals surface area contributed by atoms with Crippen LogP contribution < -0.4 is 15.8 Å². The van der Waals surface area contributed by atoms with Gasteiger partial charge in [-0.2, -0.15) is 0 Å². The number of rotatable bonds is 5. The fourth-order valence-electron chi connectivity index (χ4n) is 1.97. The Morgan fingerprint density at radius 1 is 1.29 bits per heavy atom. The Kier molecular flexibility index (Phi) is 4.90. The van der Waals surface area contributed by atoms with Gasteiger partial charge in [0.2, 0.25) is 5.91 Å². The molecule has 0 aromatic heterocycles. The molecular weight excluding hydrogens is 271 g/mol. The number of nitrogens with two attached hydrogens (primary N) is 1. The number of amides is 1. The smallest absolute Gasteiger partial charge is 0.226 e. The molecule has 1 unspecified atom stereocenters. The van der Waals surface area contributed by atoms with Crippen molar-refractivity contribution in [2.45, 2.75) is 12.5 Å². The van der Waals surface area contributed by atoms with Crippen LogP contribution >= 0.6 is 0 Å². The van der Waals surface area contributed by atoms with Gasteiger partial charge in [0.05, 0.1) is 7.11 Å². The molecule has 0 radical (unpaired) electrons. The van der Waals surface area contributed by atoms with Crippen LogP contribution in [-0.4, -0.2) is 13.0 Å². The van der Waals surface area contributed by atoms with Gasteiger partial charge >= 0.3 is 0 Å². The van der Waals surface area contributed by atoms with Crippen LogP contribution in [-0.2, 0) is 4.79 Å². The summed E-state index contributed by atoms with van der Waals surface area (Å²) in [6.07, 6.45) is 0.143. The number of anilines is 1. The molecule has 2 aromatic rings. The molecule has 2 rings (SSSR count). The molecule has 0 heterocycles. The Morgan fingerprint density at radius 2 is 2.00 bits per heavy atom. The maximum Gasteiger partial charge on any atom is 0.226 e. The monoisotopic (exact) mass is 288 g/mol. The average molecular weight is 288 g/mol. The first-order chi connectivity index (χ1) is 10.1. The molecule has 2 aromatic carbocycles. The summed E-state index contributed by atoms with van der Waals surface area (Å²) < 4.78 is 18.1. The third kappa shape index (κ3) is 4.03. The molecule has 0 saturated heterocycles. The van der Waals surface area contributed by atoms with Crippen molar-refractivity contribution in [3.05, 3.63) is 59.9 Å². The van der Waals surface area contributed by atoms with Crippen molar-refractivity contribution in [1.29, 1.82) is 0 Å². The van der Waals surface area contributed by atoms with E-state index in [-0.39, 0.29) is 24.1 Å². The second kappa shape index (κ2) is 6.85. The van der Waals surface area contributed by atoms with Gasteiger partial charge in [0.1, 0.15) is 0 Å². The molecule has 0 aliphatic carbocycles. The molecule has 5 heteroatoms. The molecule has 4 nitrogen and oxygen atoms in total. The van der Waals surface area contributed by atoms with E-state index in [1.807, 2.05) is 30.3 Å². The lowest BCUT2D eigenvalue weighted by molar-refractivity contribution is -0.116. The normalized spacial score (nSPS) is 11.8. The van der Waals surface area contributed by atoms with E-state index in [1.54, 1.807) is 0 Å². The van der Waals surface area contributed by atoms with Crippen LogP contribution in [0.25, 0.3) is 0 Å². The van der Waals surface area contributed by atoms with Crippen molar-refractivity contribution in [2.75, 3.05) is 12.4 Å². The fourth-order valence-corrected chi connectivity index (χ4v) is 1.97. The van der Waals surface area contributed by atoms with Crippen molar-refractivity contribution in [2.24, 2.45) is 5.73 Å². The Balaban J connectivity index is 1.99. The molecule has 0 saturated carbocycles. The third-order valence-corrected chi connectivity index (χ3v) is 3.07. The largest absolute Gasteiger partial charge is 0.494 e. The number of ether oxygens (including phenoxy) is 1. The number of carbonyl (C=O) groups is 1. The van der Waals surface area contributed by atoms with Crippen LogP contribution in [0.2, 0.25) is 0 Å². The number of carbonyl (C=O) groups excluding carboxylic acids is 1. The highest BCUT2D eigenvalue weighted by molar-refractivity contribution is 5.91. The lowest BCUT2D eigenvalue weighted by Crippen LogP contribution is -2.20. The zero-order valence-electron chi connectivity index (χ0n) is 11.7. The van der Waals surface area contributed by atoms with Gasteiger partial charge in [-0.05, 0) is 17.7 Å². The Hall–Kier alpha value is -2.40. The number of hydrogen-bond acceptors (Lipinski definition) is 3. The van der Waals surface area contributed by atoms with Gasteiger partial charge in [-0.15, -0.1) is 0 Å². The summed E-state index contributed by atoms with van der Waals surface area (Å²) in [7, 11) is 1.37. The van der Waals surface area contributed by atoms with Gasteiger partial charge in [0, 0.05) is 24.2 Å². The fraction of sp³-hybridized carbons (Fsp3) is 0.188. The van der Waals surface area contributed by atoms with Crippen LogP contribution in [0.4, 0.5) is 10.1 Å². The number of hydrogen-bond donors (Lipinski definition) is 2. The molecule has 1 atom stereocenters. The molecule has 0 spiro atoms. The second-order valence-corrected chi connectivity index (χ2v) is 4.62. The summed E-state index contributed by atoms with van der Waals surface area (Å²) in [6, 6.07) is 13.2. The third-order valence-electron chi connectivity index (χ3n) is 3.07. The summed E-state index contributed by atoms with van der Waals surface area (Å²) in [4.78, 5) is 12.0. The molecule has 0 aliphatic rings. The van der Waals surface area contributed by atoms with E-state index < -0.39 is 5.82 Å². The van der Waals surface area contributed by atoms with Gasteiger partial charge in [0.25, 0.3) is 0 Å². The zero-order chi connectivity index (χ0) is 15.2.